The molecule has 51 heavy (non-hydrogen) atoms. The van der Waals surface area contributed by atoms with Gasteiger partial charge in [-0.05, 0) is 48.5 Å². The Kier molecular flexibility index (Phi) is 9.92. The SMILES string of the molecule is COC(=O)c1nc(-c2csc(-c3csc(-c4coc(-c5coc([C@@H](NC(=O)OC(C)(C)C)[C@@H](C)OC(C)(C)C)n5)n4)n3)n2)oc1-c1ccccc1. The highest BCUT2D eigenvalue weighted by Gasteiger charge is 2.32. The van der Waals surface area contributed by atoms with Crippen molar-refractivity contribution in [2.75, 3.05) is 7.11 Å². The predicted molar refractivity (Wildman–Crippen MR) is 189 cm³/mol. The first-order chi connectivity index (χ1) is 24.2. The van der Waals surface area contributed by atoms with E-state index in [1.165, 1.54) is 42.3 Å². The summed E-state index contributed by atoms with van der Waals surface area (Å²) in [5.41, 5.74) is 1.43. The van der Waals surface area contributed by atoms with Crippen molar-refractivity contribution in [3.63, 3.8) is 0 Å². The smallest absolute Gasteiger partial charge is 0.408 e. The van der Waals surface area contributed by atoms with E-state index in [9.17, 15) is 9.59 Å². The van der Waals surface area contributed by atoms with E-state index in [0.29, 0.717) is 44.1 Å². The first-order valence-corrected chi connectivity index (χ1v) is 17.6. The molecule has 0 fully saturated rings. The number of amides is 1. The van der Waals surface area contributed by atoms with Gasteiger partial charge in [-0.1, -0.05) is 30.3 Å². The number of rotatable bonds is 10. The summed E-state index contributed by atoms with van der Waals surface area (Å²) in [6, 6.07) is 8.43. The van der Waals surface area contributed by atoms with Gasteiger partial charge in [-0.25, -0.2) is 34.5 Å². The van der Waals surface area contributed by atoms with Crippen molar-refractivity contribution < 1.29 is 37.1 Å². The molecule has 0 spiro atoms. The Balaban J connectivity index is 1.20. The molecule has 0 aliphatic carbocycles. The van der Waals surface area contributed by atoms with Crippen molar-refractivity contribution in [2.24, 2.45) is 0 Å². The van der Waals surface area contributed by atoms with E-state index in [2.05, 4.69) is 25.3 Å². The number of carbonyl (C=O) groups excluding carboxylic acids is 2. The molecule has 0 radical (unpaired) electrons. The van der Waals surface area contributed by atoms with Crippen molar-refractivity contribution in [3.05, 3.63) is 65.2 Å². The number of hydrogen-bond donors (Lipinski definition) is 1. The minimum Gasteiger partial charge on any atom is -0.464 e. The van der Waals surface area contributed by atoms with Gasteiger partial charge in [0, 0.05) is 16.3 Å². The Hall–Kier alpha value is -5.19. The number of thiazole rings is 2. The molecule has 6 aromatic rings. The molecule has 266 valence electrons. The largest absolute Gasteiger partial charge is 0.464 e. The van der Waals surface area contributed by atoms with Crippen LogP contribution >= 0.6 is 22.7 Å². The summed E-state index contributed by atoms with van der Waals surface area (Å²) in [6.45, 7) is 12.9. The Bertz CT molecular complexity index is 2130. The van der Waals surface area contributed by atoms with Gasteiger partial charge in [-0.15, -0.1) is 22.7 Å². The average molecular weight is 733 g/mol. The fourth-order valence-electron chi connectivity index (χ4n) is 4.89. The topological polar surface area (TPSA) is 178 Å². The van der Waals surface area contributed by atoms with Crippen molar-refractivity contribution in [1.82, 2.24) is 30.2 Å². The number of aromatic nitrogens is 5. The highest BCUT2D eigenvalue weighted by molar-refractivity contribution is 7.15. The highest BCUT2D eigenvalue weighted by atomic mass is 32.1. The lowest BCUT2D eigenvalue weighted by Crippen LogP contribution is -2.42. The zero-order valence-corrected chi connectivity index (χ0v) is 30.8. The van der Waals surface area contributed by atoms with Crippen molar-refractivity contribution >= 4 is 34.7 Å². The average Bonchev–Trinajstić information content (AvgIpc) is 3.90. The summed E-state index contributed by atoms with van der Waals surface area (Å²) in [4.78, 5) is 48.2. The monoisotopic (exact) mass is 732 g/mol. The molecule has 1 amide bonds. The number of nitrogens with one attached hydrogen (secondary N) is 1. The van der Waals surface area contributed by atoms with Gasteiger partial charge in [0.15, 0.2) is 17.1 Å². The fraction of sp³-hybridized carbons (Fsp3) is 0.343. The molecule has 0 aliphatic heterocycles. The lowest BCUT2D eigenvalue weighted by Gasteiger charge is -2.30. The van der Waals surface area contributed by atoms with Gasteiger partial charge in [0.1, 0.15) is 51.3 Å². The zero-order valence-electron chi connectivity index (χ0n) is 29.2. The lowest BCUT2D eigenvalue weighted by molar-refractivity contribution is -0.0710. The molecule has 0 aliphatic rings. The molecule has 1 aromatic carbocycles. The second-order valence-electron chi connectivity index (χ2n) is 13.3. The zero-order chi connectivity index (χ0) is 36.5. The predicted octanol–water partition coefficient (Wildman–Crippen LogP) is 8.45. The fourth-order valence-corrected chi connectivity index (χ4v) is 6.47. The Labute approximate surface area is 301 Å². The molecule has 14 nitrogen and oxygen atoms in total. The van der Waals surface area contributed by atoms with Gasteiger partial charge in [0.2, 0.25) is 17.7 Å². The summed E-state index contributed by atoms with van der Waals surface area (Å²) in [6.07, 6.45) is 1.73. The Morgan fingerprint density at radius 1 is 0.784 bits per heavy atom. The quantitative estimate of drug-likeness (QED) is 0.133. The molecule has 2 atom stereocenters. The van der Waals surface area contributed by atoms with Crippen LogP contribution in [0.15, 0.2) is 66.9 Å². The van der Waals surface area contributed by atoms with Crippen LogP contribution in [0.2, 0.25) is 0 Å². The number of carbonyl (C=O) groups is 2. The van der Waals surface area contributed by atoms with Crippen LogP contribution in [0.25, 0.3) is 55.9 Å². The molecule has 0 unspecified atom stereocenters. The maximum absolute atomic E-state index is 12.7. The number of ether oxygens (including phenoxy) is 3. The summed E-state index contributed by atoms with van der Waals surface area (Å²) in [5, 5.41) is 7.67. The molecule has 5 heterocycles. The first kappa shape index (κ1) is 35.6. The number of esters is 1. The molecule has 0 saturated carbocycles. The number of alkyl carbamates (subject to hydrolysis) is 1. The minimum absolute atomic E-state index is 0.0628. The Morgan fingerprint density at radius 2 is 1.45 bits per heavy atom. The Morgan fingerprint density at radius 3 is 2.14 bits per heavy atom. The highest BCUT2D eigenvalue weighted by Crippen LogP contribution is 2.36. The van der Waals surface area contributed by atoms with E-state index in [0.717, 1.165) is 0 Å². The third kappa shape index (κ3) is 8.41. The maximum Gasteiger partial charge on any atom is 0.408 e. The lowest BCUT2D eigenvalue weighted by atomic mass is 10.1. The van der Waals surface area contributed by atoms with Gasteiger partial charge in [-0.2, -0.15) is 0 Å². The molecule has 5 aromatic heterocycles. The molecule has 6 rings (SSSR count). The number of nitrogens with zero attached hydrogens (tertiary/aromatic N) is 5. The molecular weight excluding hydrogens is 697 g/mol. The first-order valence-electron chi connectivity index (χ1n) is 15.8. The maximum atomic E-state index is 12.7. The van der Waals surface area contributed by atoms with Gasteiger partial charge < -0.3 is 32.8 Å². The van der Waals surface area contributed by atoms with Crippen LogP contribution in [-0.2, 0) is 14.2 Å². The molecule has 0 bridgehead atoms. The van der Waals surface area contributed by atoms with Crippen LogP contribution in [0.4, 0.5) is 4.79 Å². The van der Waals surface area contributed by atoms with Gasteiger partial charge >= 0.3 is 12.1 Å². The third-order valence-corrected chi connectivity index (χ3v) is 8.63. The summed E-state index contributed by atoms with van der Waals surface area (Å²) in [5.74, 6) is 0.269. The van der Waals surface area contributed by atoms with Crippen molar-refractivity contribution in [2.45, 2.75) is 71.8 Å². The number of methoxy groups -OCH3 is 1. The second kappa shape index (κ2) is 14.2. The van der Waals surface area contributed by atoms with Crippen LogP contribution in [0.1, 0.15) is 70.9 Å². The number of oxazole rings is 3. The summed E-state index contributed by atoms with van der Waals surface area (Å²) in [7, 11) is 1.29. The van der Waals surface area contributed by atoms with Crippen molar-refractivity contribution in [3.8, 4) is 55.9 Å². The number of benzene rings is 1. The summed E-state index contributed by atoms with van der Waals surface area (Å²) < 4.78 is 34.1. The van der Waals surface area contributed by atoms with E-state index in [1.54, 1.807) is 26.2 Å². The number of hydrogen-bond acceptors (Lipinski definition) is 15. The van der Waals surface area contributed by atoms with Crippen LogP contribution in [0.5, 0.6) is 0 Å². The van der Waals surface area contributed by atoms with Crippen molar-refractivity contribution in [1.29, 1.82) is 0 Å². The van der Waals surface area contributed by atoms with E-state index in [1.807, 2.05) is 63.4 Å². The van der Waals surface area contributed by atoms with E-state index in [-0.39, 0.29) is 23.4 Å². The molecule has 1 N–H and O–H groups in total. The van der Waals surface area contributed by atoms with Gasteiger partial charge in [0.25, 0.3) is 0 Å². The molecule has 0 saturated heterocycles. The van der Waals surface area contributed by atoms with Crippen LogP contribution in [0.3, 0.4) is 0 Å². The minimum atomic E-state index is -0.764. The van der Waals surface area contributed by atoms with E-state index >= 15 is 0 Å². The summed E-state index contributed by atoms with van der Waals surface area (Å²) >= 11 is 2.72. The van der Waals surface area contributed by atoms with Gasteiger partial charge in [0.05, 0.1) is 18.8 Å². The van der Waals surface area contributed by atoms with Gasteiger partial charge in [-0.3, -0.25) is 0 Å². The van der Waals surface area contributed by atoms with E-state index in [4.69, 9.17) is 32.4 Å². The standard InChI is InChI=1S/C35H36N6O8S2/c1-18(48-34(2,3)4)24(41-33(43)49-35(5,6)7)29-36-20(14-46-29)27-37-21(15-45-27)30-39-23(17-51-30)31-38-22(16-50-31)28-40-25(32(42)44-8)26(47-28)19-12-10-9-11-13-19/h9-18,24H,1-8H3,(H,41,43)/t18-,24+/m1/s1. The second-order valence-corrected chi connectivity index (χ2v) is 15.0. The molecular formula is C35H36N6O8S2. The van der Waals surface area contributed by atoms with Crippen LogP contribution in [0, 0.1) is 0 Å². The third-order valence-electron chi connectivity index (χ3n) is 6.90. The normalized spacial score (nSPS) is 13.2. The molecule has 16 heteroatoms. The van der Waals surface area contributed by atoms with Crippen LogP contribution in [-0.4, -0.2) is 61.4 Å². The van der Waals surface area contributed by atoms with Crippen LogP contribution < -0.4 is 5.32 Å². The van der Waals surface area contributed by atoms with E-state index < -0.39 is 35.4 Å².